The number of rotatable bonds is 9. The fraction of sp³-hybridized carbons (Fsp3) is 0.0566. The maximum Gasteiger partial charge on any atom is 0.136 e. The largest absolute Gasteiger partial charge is 0.456 e. The second-order valence-corrected chi connectivity index (χ2v) is 15.5. The highest BCUT2D eigenvalue weighted by atomic mass is 32.2. The van der Waals surface area contributed by atoms with Gasteiger partial charge >= 0.3 is 0 Å². The minimum atomic E-state index is 0.427. The molecule has 2 heterocycles. The predicted octanol–water partition coefficient (Wildman–Crippen LogP) is 15.3. The van der Waals surface area contributed by atoms with Gasteiger partial charge in [0.25, 0.3) is 0 Å². The Morgan fingerprint density at radius 1 is 0.643 bits per heavy atom. The second-order valence-electron chi connectivity index (χ2n) is 14.4. The van der Waals surface area contributed by atoms with E-state index in [2.05, 4.69) is 175 Å². The Balaban J connectivity index is 1.03. The van der Waals surface area contributed by atoms with Crippen molar-refractivity contribution in [2.75, 3.05) is 4.90 Å². The first-order valence-electron chi connectivity index (χ1n) is 19.3. The first-order chi connectivity index (χ1) is 27.7. The van der Waals surface area contributed by atoms with Crippen molar-refractivity contribution in [2.24, 2.45) is 0 Å². The highest BCUT2D eigenvalue weighted by Gasteiger charge is 2.31. The number of nitrogens with zero attached hydrogens (tertiary/aromatic N) is 1. The van der Waals surface area contributed by atoms with E-state index in [0.717, 1.165) is 46.5 Å². The molecule has 268 valence electrons. The summed E-state index contributed by atoms with van der Waals surface area (Å²) >= 11 is 1.94. The minimum Gasteiger partial charge on any atom is -0.456 e. The molecule has 0 radical (unpaired) electrons. The molecular weight excluding hydrogens is 699 g/mol. The van der Waals surface area contributed by atoms with Crippen molar-refractivity contribution in [3.05, 3.63) is 222 Å². The van der Waals surface area contributed by atoms with Crippen molar-refractivity contribution in [2.45, 2.75) is 23.7 Å². The van der Waals surface area contributed by atoms with E-state index in [1.165, 1.54) is 59.3 Å². The number of thioether (sulfide) groups is 1. The number of allylic oxidation sites excluding steroid dienone is 9. The molecule has 1 aliphatic carbocycles. The van der Waals surface area contributed by atoms with Gasteiger partial charge in [-0.1, -0.05) is 152 Å². The standard InChI is InChI=1S/C53H39NOS/c1-2-3-4-5-6-13-36-22-29-41(30-23-36)54(43-15-11-14-40(34-43)44-18-12-19-46-45-16-8-10-21-51(45)56-53(44)46)42-31-26-37(27-32-42)39-25-24-38-28-33-50-52(48(38)35-39)47-17-7-9-20-49(47)55-50/h2-12,14-18,20-35,46H,1,13,19H2/b4-3-,6-5-. The van der Waals surface area contributed by atoms with E-state index >= 15 is 0 Å². The first-order valence-corrected chi connectivity index (χ1v) is 20.1. The van der Waals surface area contributed by atoms with Crippen LogP contribution in [0.25, 0.3) is 49.4 Å². The van der Waals surface area contributed by atoms with Gasteiger partial charge in [0.2, 0.25) is 0 Å². The van der Waals surface area contributed by atoms with Gasteiger partial charge in [-0.2, -0.15) is 0 Å². The topological polar surface area (TPSA) is 16.4 Å². The third-order valence-electron chi connectivity index (χ3n) is 11.0. The fourth-order valence-corrected chi connectivity index (χ4v) is 9.68. The molecule has 0 fully saturated rings. The molecule has 0 N–H and O–H groups in total. The van der Waals surface area contributed by atoms with Crippen LogP contribution >= 0.6 is 11.8 Å². The molecule has 1 aliphatic heterocycles. The van der Waals surface area contributed by atoms with Gasteiger partial charge in [-0.15, -0.1) is 0 Å². The van der Waals surface area contributed by atoms with E-state index < -0.39 is 0 Å². The Labute approximate surface area is 332 Å². The molecular formula is C53H39NOS. The van der Waals surface area contributed by atoms with Gasteiger partial charge < -0.3 is 9.32 Å². The average Bonchev–Trinajstić information content (AvgIpc) is 3.83. The molecule has 2 aliphatic rings. The molecule has 7 aromatic carbocycles. The maximum absolute atomic E-state index is 6.23. The van der Waals surface area contributed by atoms with Crippen LogP contribution in [0.3, 0.4) is 0 Å². The Bertz CT molecular complexity index is 2900. The van der Waals surface area contributed by atoms with E-state index in [-0.39, 0.29) is 0 Å². The van der Waals surface area contributed by atoms with Gasteiger partial charge in [-0.25, -0.2) is 0 Å². The summed E-state index contributed by atoms with van der Waals surface area (Å²) in [6, 6.07) is 55.3. The number of hydrogen-bond acceptors (Lipinski definition) is 3. The lowest BCUT2D eigenvalue weighted by atomic mass is 9.87. The van der Waals surface area contributed by atoms with Crippen molar-refractivity contribution in [3.63, 3.8) is 0 Å². The van der Waals surface area contributed by atoms with Crippen LogP contribution in [0.4, 0.5) is 17.1 Å². The van der Waals surface area contributed by atoms with E-state index in [9.17, 15) is 0 Å². The maximum atomic E-state index is 6.23. The number of hydrogen-bond donors (Lipinski definition) is 0. The molecule has 1 unspecified atom stereocenters. The van der Waals surface area contributed by atoms with Gasteiger partial charge in [0.15, 0.2) is 0 Å². The molecule has 0 saturated carbocycles. The minimum absolute atomic E-state index is 0.427. The molecule has 10 rings (SSSR count). The van der Waals surface area contributed by atoms with Crippen LogP contribution in [0.15, 0.2) is 215 Å². The lowest BCUT2D eigenvalue weighted by Crippen LogP contribution is -2.10. The zero-order valence-electron chi connectivity index (χ0n) is 30.9. The van der Waals surface area contributed by atoms with E-state index in [4.69, 9.17) is 4.42 Å². The fourth-order valence-electron chi connectivity index (χ4n) is 8.30. The van der Waals surface area contributed by atoms with Crippen LogP contribution < -0.4 is 4.90 Å². The SMILES string of the molecule is C=C/C=C\C=C/Cc1ccc(N(c2ccc(-c3ccc4ccc5oc6ccccc6c5c4c3)cc2)c2cccc(C3=C4Sc5ccccc5C4CC=C3)c2)cc1. The smallest absolute Gasteiger partial charge is 0.136 e. The molecule has 1 atom stereocenters. The summed E-state index contributed by atoms with van der Waals surface area (Å²) in [5.74, 6) is 0.427. The molecule has 2 nitrogen and oxygen atoms in total. The summed E-state index contributed by atoms with van der Waals surface area (Å²) in [7, 11) is 0. The van der Waals surface area contributed by atoms with Gasteiger partial charge in [0.1, 0.15) is 11.2 Å². The summed E-state index contributed by atoms with van der Waals surface area (Å²) in [5, 5.41) is 4.73. The number of anilines is 3. The predicted molar refractivity (Wildman–Crippen MR) is 239 cm³/mol. The Kier molecular flexibility index (Phi) is 8.86. The second kappa shape index (κ2) is 14.6. The molecule has 8 aromatic rings. The molecule has 0 spiro atoms. The van der Waals surface area contributed by atoms with Crippen molar-refractivity contribution in [1.29, 1.82) is 0 Å². The van der Waals surface area contributed by atoms with Crippen LogP contribution in [-0.2, 0) is 6.42 Å². The van der Waals surface area contributed by atoms with Gasteiger partial charge in [0.05, 0.1) is 0 Å². The van der Waals surface area contributed by atoms with Crippen LogP contribution in [0, 0.1) is 0 Å². The quantitative estimate of drug-likeness (QED) is 0.137. The number of benzene rings is 7. The number of fused-ring (bicyclic) bond motifs is 8. The Morgan fingerprint density at radius 2 is 1.43 bits per heavy atom. The number of para-hydroxylation sites is 1. The monoisotopic (exact) mass is 737 g/mol. The molecule has 3 heteroatoms. The summed E-state index contributed by atoms with van der Waals surface area (Å²) < 4.78 is 6.23. The van der Waals surface area contributed by atoms with E-state index in [1.54, 1.807) is 6.08 Å². The lowest BCUT2D eigenvalue weighted by Gasteiger charge is -2.27. The third kappa shape index (κ3) is 6.20. The highest BCUT2D eigenvalue weighted by Crippen LogP contribution is 2.55. The van der Waals surface area contributed by atoms with Gasteiger partial charge in [0, 0.05) is 43.6 Å². The van der Waals surface area contributed by atoms with Crippen molar-refractivity contribution < 1.29 is 4.42 Å². The molecule has 56 heavy (non-hydrogen) atoms. The Morgan fingerprint density at radius 3 is 2.30 bits per heavy atom. The van der Waals surface area contributed by atoms with Crippen molar-refractivity contribution in [1.82, 2.24) is 0 Å². The summed E-state index contributed by atoms with van der Waals surface area (Å²) in [5.41, 5.74) is 12.8. The van der Waals surface area contributed by atoms with Crippen LogP contribution in [0.5, 0.6) is 0 Å². The van der Waals surface area contributed by atoms with Crippen LogP contribution in [0.1, 0.15) is 29.0 Å². The normalized spacial score (nSPS) is 15.0. The van der Waals surface area contributed by atoms with Crippen molar-refractivity contribution >= 4 is 67.1 Å². The zero-order chi connectivity index (χ0) is 37.4. The molecule has 0 amide bonds. The number of furan rings is 1. The van der Waals surface area contributed by atoms with Gasteiger partial charge in [-0.05, 0) is 118 Å². The first kappa shape index (κ1) is 34.0. The summed E-state index contributed by atoms with van der Waals surface area (Å²) in [6.07, 6.45) is 16.6. The lowest BCUT2D eigenvalue weighted by molar-refractivity contribution is 0.669. The van der Waals surface area contributed by atoms with E-state index in [1.807, 2.05) is 36.0 Å². The third-order valence-corrected chi connectivity index (χ3v) is 12.3. The molecule has 0 saturated heterocycles. The molecule has 1 aromatic heterocycles. The van der Waals surface area contributed by atoms with Gasteiger partial charge in [-0.3, -0.25) is 0 Å². The Hall–Kier alpha value is -6.55. The van der Waals surface area contributed by atoms with Crippen LogP contribution in [-0.4, -0.2) is 0 Å². The van der Waals surface area contributed by atoms with E-state index in [0.29, 0.717) is 5.92 Å². The highest BCUT2D eigenvalue weighted by molar-refractivity contribution is 8.03. The summed E-state index contributed by atoms with van der Waals surface area (Å²) in [6.45, 7) is 3.76. The zero-order valence-corrected chi connectivity index (χ0v) is 31.8. The molecule has 0 bridgehead atoms. The van der Waals surface area contributed by atoms with Crippen molar-refractivity contribution in [3.8, 4) is 11.1 Å². The van der Waals surface area contributed by atoms with Crippen LogP contribution in [0.2, 0.25) is 0 Å². The average molecular weight is 738 g/mol. The summed E-state index contributed by atoms with van der Waals surface area (Å²) in [4.78, 5) is 5.22.